The van der Waals surface area contributed by atoms with Crippen molar-refractivity contribution in [3.05, 3.63) is 71.0 Å². The lowest BCUT2D eigenvalue weighted by atomic mass is 10.2. The third-order valence-electron chi connectivity index (χ3n) is 2.10. The Balaban J connectivity index is 0.000000303. The fourth-order valence-electron chi connectivity index (χ4n) is 1.21. The number of rotatable bonds is 0. The highest BCUT2D eigenvalue weighted by Crippen LogP contribution is 2.06. The minimum absolute atomic E-state index is 0.162. The van der Waals surface area contributed by atoms with E-state index in [-0.39, 0.29) is 11.6 Å². The van der Waals surface area contributed by atoms with E-state index in [2.05, 4.69) is 0 Å². The van der Waals surface area contributed by atoms with Crippen molar-refractivity contribution in [1.82, 2.24) is 0 Å². The second-order valence-electron chi connectivity index (χ2n) is 3.69. The monoisotopic (exact) mass is 268 g/mol. The van der Waals surface area contributed by atoms with Crippen LogP contribution in [0.25, 0.3) is 0 Å². The molecular formula is C16H19F3. The SMILES string of the molecule is CC.Cc1cc(F)ccc1F.Cc1cccc(F)c1. The van der Waals surface area contributed by atoms with Gasteiger partial charge in [0.2, 0.25) is 0 Å². The van der Waals surface area contributed by atoms with Crippen LogP contribution in [0.4, 0.5) is 13.2 Å². The largest absolute Gasteiger partial charge is 0.207 e. The molecular weight excluding hydrogens is 249 g/mol. The zero-order valence-electron chi connectivity index (χ0n) is 11.7. The molecule has 0 bridgehead atoms. The first-order valence-electron chi connectivity index (χ1n) is 6.13. The maximum Gasteiger partial charge on any atom is 0.126 e. The molecule has 0 aliphatic rings. The lowest BCUT2D eigenvalue weighted by molar-refractivity contribution is 0.592. The summed E-state index contributed by atoms with van der Waals surface area (Å²) in [6.07, 6.45) is 0. The van der Waals surface area contributed by atoms with Crippen LogP contribution < -0.4 is 0 Å². The molecule has 0 N–H and O–H groups in total. The van der Waals surface area contributed by atoms with Crippen molar-refractivity contribution in [2.75, 3.05) is 0 Å². The van der Waals surface area contributed by atoms with Crippen LogP contribution in [0.3, 0.4) is 0 Å². The van der Waals surface area contributed by atoms with Crippen LogP contribution in [-0.4, -0.2) is 0 Å². The van der Waals surface area contributed by atoms with E-state index in [0.717, 1.165) is 23.8 Å². The number of halogens is 3. The molecule has 0 fully saturated rings. The van der Waals surface area contributed by atoms with Crippen LogP contribution in [0.5, 0.6) is 0 Å². The molecule has 0 atom stereocenters. The molecule has 0 aliphatic heterocycles. The minimum atomic E-state index is -0.395. The van der Waals surface area contributed by atoms with Gasteiger partial charge in [-0.25, -0.2) is 13.2 Å². The molecule has 0 amide bonds. The summed E-state index contributed by atoms with van der Waals surface area (Å²) in [7, 11) is 0. The quantitative estimate of drug-likeness (QED) is 0.597. The molecule has 0 saturated heterocycles. The Labute approximate surface area is 112 Å². The smallest absolute Gasteiger partial charge is 0.126 e. The van der Waals surface area contributed by atoms with Gasteiger partial charge in [-0.15, -0.1) is 0 Å². The predicted octanol–water partition coefficient (Wildman–Crippen LogP) is 5.43. The number of hydrogen-bond donors (Lipinski definition) is 0. The Bertz CT molecular complexity index is 476. The summed E-state index contributed by atoms with van der Waals surface area (Å²) in [4.78, 5) is 0. The Kier molecular flexibility index (Phi) is 8.34. The average Bonchev–Trinajstić information content (AvgIpc) is 2.37. The van der Waals surface area contributed by atoms with Crippen molar-refractivity contribution in [3.63, 3.8) is 0 Å². The molecule has 104 valence electrons. The highest BCUT2D eigenvalue weighted by atomic mass is 19.1. The van der Waals surface area contributed by atoms with Crippen molar-refractivity contribution in [1.29, 1.82) is 0 Å². The molecule has 0 saturated carbocycles. The molecule has 0 radical (unpaired) electrons. The van der Waals surface area contributed by atoms with Gasteiger partial charge in [-0.2, -0.15) is 0 Å². The summed E-state index contributed by atoms with van der Waals surface area (Å²) in [5.74, 6) is -0.921. The van der Waals surface area contributed by atoms with Gasteiger partial charge in [0.05, 0.1) is 0 Å². The zero-order valence-corrected chi connectivity index (χ0v) is 11.7. The number of hydrogen-bond acceptors (Lipinski definition) is 0. The van der Waals surface area contributed by atoms with E-state index in [9.17, 15) is 13.2 Å². The van der Waals surface area contributed by atoms with E-state index >= 15 is 0 Å². The van der Waals surface area contributed by atoms with E-state index < -0.39 is 5.82 Å². The van der Waals surface area contributed by atoms with Crippen LogP contribution in [0.1, 0.15) is 25.0 Å². The van der Waals surface area contributed by atoms with Crippen LogP contribution in [-0.2, 0) is 0 Å². The van der Waals surface area contributed by atoms with Crippen LogP contribution in [0.15, 0.2) is 42.5 Å². The van der Waals surface area contributed by atoms with E-state index in [1.807, 2.05) is 26.8 Å². The second kappa shape index (κ2) is 9.20. The van der Waals surface area contributed by atoms with Gasteiger partial charge in [-0.05, 0) is 55.3 Å². The highest BCUT2D eigenvalue weighted by Gasteiger charge is 1.95. The van der Waals surface area contributed by atoms with Crippen LogP contribution in [0.2, 0.25) is 0 Å². The van der Waals surface area contributed by atoms with Gasteiger partial charge >= 0.3 is 0 Å². The van der Waals surface area contributed by atoms with Crippen LogP contribution in [0, 0.1) is 31.3 Å². The fraction of sp³-hybridized carbons (Fsp3) is 0.250. The van der Waals surface area contributed by atoms with Gasteiger partial charge in [-0.3, -0.25) is 0 Å². The average molecular weight is 268 g/mol. The third-order valence-corrected chi connectivity index (χ3v) is 2.10. The molecule has 3 heteroatoms. The predicted molar refractivity (Wildman–Crippen MR) is 73.6 cm³/mol. The minimum Gasteiger partial charge on any atom is -0.207 e. The molecule has 19 heavy (non-hydrogen) atoms. The van der Waals surface area contributed by atoms with E-state index in [4.69, 9.17) is 0 Å². The zero-order chi connectivity index (χ0) is 14.8. The highest BCUT2D eigenvalue weighted by molar-refractivity contribution is 5.16. The molecule has 0 spiro atoms. The molecule has 0 aromatic heterocycles. The number of aryl methyl sites for hydroxylation is 2. The van der Waals surface area contributed by atoms with Gasteiger partial charge in [0.1, 0.15) is 17.5 Å². The Morgan fingerprint density at radius 1 is 0.737 bits per heavy atom. The maximum absolute atomic E-state index is 12.3. The van der Waals surface area contributed by atoms with Crippen molar-refractivity contribution >= 4 is 0 Å². The van der Waals surface area contributed by atoms with E-state index in [1.165, 1.54) is 19.1 Å². The molecule has 0 unspecified atom stereocenters. The normalized spacial score (nSPS) is 8.79. The first-order valence-corrected chi connectivity index (χ1v) is 6.13. The lowest BCUT2D eigenvalue weighted by Crippen LogP contribution is -1.81. The Hall–Kier alpha value is -1.77. The molecule has 2 rings (SSSR count). The standard InChI is InChI=1S/C7H6F2.C7H7F.C2H6/c1-5-4-6(8)2-3-7(5)9;1-6-3-2-4-7(8)5-6;1-2/h2-4H,1H3;2-5H,1H3;1-2H3. The van der Waals surface area contributed by atoms with Crippen molar-refractivity contribution < 1.29 is 13.2 Å². The topological polar surface area (TPSA) is 0 Å². The summed E-state index contributed by atoms with van der Waals surface area (Å²) in [5, 5.41) is 0. The van der Waals surface area contributed by atoms with E-state index in [0.29, 0.717) is 5.56 Å². The molecule has 2 aromatic carbocycles. The summed E-state index contributed by atoms with van der Waals surface area (Å²) >= 11 is 0. The summed E-state index contributed by atoms with van der Waals surface area (Å²) in [6.45, 7) is 7.39. The summed E-state index contributed by atoms with van der Waals surface area (Å²) in [6, 6.07) is 9.88. The van der Waals surface area contributed by atoms with Crippen molar-refractivity contribution in [2.24, 2.45) is 0 Å². The van der Waals surface area contributed by atoms with Crippen LogP contribution >= 0.6 is 0 Å². The van der Waals surface area contributed by atoms with E-state index in [1.54, 1.807) is 6.07 Å². The van der Waals surface area contributed by atoms with Crippen molar-refractivity contribution in [2.45, 2.75) is 27.7 Å². The maximum atomic E-state index is 12.3. The first kappa shape index (κ1) is 17.2. The summed E-state index contributed by atoms with van der Waals surface area (Å²) in [5.41, 5.74) is 1.31. The fourth-order valence-corrected chi connectivity index (χ4v) is 1.21. The lowest BCUT2D eigenvalue weighted by Gasteiger charge is -1.92. The molecule has 0 aliphatic carbocycles. The molecule has 0 heterocycles. The van der Waals surface area contributed by atoms with Gasteiger partial charge < -0.3 is 0 Å². The van der Waals surface area contributed by atoms with Crippen molar-refractivity contribution in [3.8, 4) is 0 Å². The Morgan fingerprint density at radius 3 is 1.68 bits per heavy atom. The third kappa shape index (κ3) is 7.29. The van der Waals surface area contributed by atoms with Gasteiger partial charge in [-0.1, -0.05) is 26.0 Å². The summed E-state index contributed by atoms with van der Waals surface area (Å²) < 4.78 is 36.7. The first-order chi connectivity index (χ1) is 8.99. The van der Waals surface area contributed by atoms with Gasteiger partial charge in [0, 0.05) is 0 Å². The number of benzene rings is 2. The molecule has 0 nitrogen and oxygen atoms in total. The van der Waals surface area contributed by atoms with Gasteiger partial charge in [0.25, 0.3) is 0 Å². The Morgan fingerprint density at radius 2 is 1.32 bits per heavy atom. The molecule has 2 aromatic rings. The van der Waals surface area contributed by atoms with Gasteiger partial charge in [0.15, 0.2) is 0 Å². The second-order valence-corrected chi connectivity index (χ2v) is 3.69.